The summed E-state index contributed by atoms with van der Waals surface area (Å²) in [7, 11) is -3.85. The third-order valence-corrected chi connectivity index (χ3v) is 3.87. The second-order valence-corrected chi connectivity index (χ2v) is 6.39. The number of benzene rings is 1. The van der Waals surface area contributed by atoms with Crippen molar-refractivity contribution < 1.29 is 18.3 Å². The Balaban J connectivity index is 3.13. The molecule has 0 saturated carbocycles. The monoisotopic (exact) mass is 315 g/mol. The van der Waals surface area contributed by atoms with Crippen LogP contribution >= 0.6 is 11.8 Å². The van der Waals surface area contributed by atoms with E-state index in [1.54, 1.807) is 13.8 Å². The summed E-state index contributed by atoms with van der Waals surface area (Å²) in [6.45, 7) is 3.29. The lowest BCUT2D eigenvalue weighted by Gasteiger charge is -2.13. The molecule has 0 bridgehead atoms. The fraction of sp³-hybridized carbons (Fsp3) is 0.273. The second kappa shape index (κ2) is 6.60. The van der Waals surface area contributed by atoms with Crippen LogP contribution < -0.4 is 9.44 Å². The molecule has 9 heteroatoms. The van der Waals surface area contributed by atoms with Gasteiger partial charge in [-0.1, -0.05) is 0 Å². The Hall–Kier alpha value is -1.76. The molecule has 20 heavy (non-hydrogen) atoms. The van der Waals surface area contributed by atoms with Crippen molar-refractivity contribution in [3.8, 4) is 5.40 Å². The Bertz CT molecular complexity index is 650. The van der Waals surface area contributed by atoms with Crippen LogP contribution in [0.25, 0.3) is 0 Å². The first kappa shape index (κ1) is 16.3. The Labute approximate surface area is 121 Å². The molecular weight excluding hydrogens is 302 g/mol. The lowest BCUT2D eigenvalue weighted by Crippen LogP contribution is -2.35. The van der Waals surface area contributed by atoms with Crippen LogP contribution in [-0.4, -0.2) is 25.5 Å². The lowest BCUT2D eigenvalue weighted by molar-refractivity contribution is 0.0698. The molecule has 1 rings (SSSR count). The Kier molecular flexibility index (Phi) is 5.38. The fourth-order valence-electron chi connectivity index (χ4n) is 1.39. The van der Waals surface area contributed by atoms with Crippen LogP contribution in [0.4, 0.5) is 5.69 Å². The summed E-state index contributed by atoms with van der Waals surface area (Å²) in [5, 5.41) is 19.5. The third kappa shape index (κ3) is 4.73. The van der Waals surface area contributed by atoms with Crippen molar-refractivity contribution in [2.75, 3.05) is 4.72 Å². The zero-order valence-corrected chi connectivity index (χ0v) is 12.4. The smallest absolute Gasteiger partial charge is 0.337 e. The fourth-order valence-corrected chi connectivity index (χ4v) is 2.96. The van der Waals surface area contributed by atoms with Crippen molar-refractivity contribution in [1.29, 1.82) is 5.26 Å². The maximum atomic E-state index is 11.7. The first-order chi connectivity index (χ1) is 9.25. The number of thioether (sulfide) groups is 1. The topological polar surface area (TPSA) is 119 Å². The zero-order valence-electron chi connectivity index (χ0n) is 10.7. The SMILES string of the molecule is CC(C)NS(=O)(=O)Nc1ccc(SC#N)cc1C(=O)O. The molecule has 108 valence electrons. The number of carboxylic acids is 1. The number of anilines is 1. The van der Waals surface area contributed by atoms with Gasteiger partial charge >= 0.3 is 5.97 Å². The minimum atomic E-state index is -3.85. The summed E-state index contributed by atoms with van der Waals surface area (Å²) < 4.78 is 27.9. The first-order valence-corrected chi connectivity index (χ1v) is 7.78. The van der Waals surface area contributed by atoms with E-state index in [1.165, 1.54) is 18.2 Å². The molecule has 0 fully saturated rings. The largest absolute Gasteiger partial charge is 0.478 e. The van der Waals surface area contributed by atoms with Crippen LogP contribution in [0.3, 0.4) is 0 Å². The van der Waals surface area contributed by atoms with Gasteiger partial charge in [-0.3, -0.25) is 4.72 Å². The highest BCUT2D eigenvalue weighted by molar-refractivity contribution is 8.03. The summed E-state index contributed by atoms with van der Waals surface area (Å²) in [5.41, 5.74) is -0.285. The number of nitrogens with zero attached hydrogens (tertiary/aromatic N) is 1. The number of thiocyanates is 1. The average molecular weight is 315 g/mol. The Morgan fingerprint density at radius 3 is 2.60 bits per heavy atom. The van der Waals surface area contributed by atoms with Gasteiger partial charge in [0, 0.05) is 10.9 Å². The number of aromatic carboxylic acids is 1. The van der Waals surface area contributed by atoms with Gasteiger partial charge in [-0.15, -0.1) is 0 Å². The van der Waals surface area contributed by atoms with Crippen molar-refractivity contribution in [2.24, 2.45) is 0 Å². The molecule has 0 atom stereocenters. The van der Waals surface area contributed by atoms with Crippen LogP contribution in [-0.2, 0) is 10.2 Å². The van der Waals surface area contributed by atoms with Crippen molar-refractivity contribution in [1.82, 2.24) is 4.72 Å². The average Bonchev–Trinajstić information content (AvgIpc) is 2.28. The van der Waals surface area contributed by atoms with E-state index in [1.807, 2.05) is 5.40 Å². The molecule has 0 saturated heterocycles. The van der Waals surface area contributed by atoms with Gasteiger partial charge in [-0.25, -0.2) is 4.79 Å². The lowest BCUT2D eigenvalue weighted by atomic mass is 10.2. The third-order valence-electron chi connectivity index (χ3n) is 2.02. The molecule has 1 aromatic carbocycles. The summed E-state index contributed by atoms with van der Waals surface area (Å²) in [4.78, 5) is 11.6. The van der Waals surface area contributed by atoms with Crippen molar-refractivity contribution in [2.45, 2.75) is 24.8 Å². The molecule has 3 N–H and O–H groups in total. The van der Waals surface area contributed by atoms with E-state index >= 15 is 0 Å². The van der Waals surface area contributed by atoms with Crippen LogP contribution in [0.15, 0.2) is 23.1 Å². The summed E-state index contributed by atoms with van der Waals surface area (Å²) >= 11 is 0.794. The second-order valence-electron chi connectivity index (χ2n) is 4.08. The first-order valence-electron chi connectivity index (χ1n) is 5.48. The Morgan fingerprint density at radius 1 is 1.45 bits per heavy atom. The van der Waals surface area contributed by atoms with Crippen LogP contribution in [0.2, 0.25) is 0 Å². The maximum Gasteiger partial charge on any atom is 0.337 e. The molecular formula is C11H13N3O4S2. The molecule has 0 radical (unpaired) electrons. The van der Waals surface area contributed by atoms with Gasteiger partial charge in [-0.05, 0) is 43.8 Å². The van der Waals surface area contributed by atoms with Crippen LogP contribution in [0, 0.1) is 10.7 Å². The quantitative estimate of drug-likeness (QED) is 0.542. The predicted molar refractivity (Wildman–Crippen MR) is 75.7 cm³/mol. The highest BCUT2D eigenvalue weighted by Crippen LogP contribution is 2.24. The zero-order chi connectivity index (χ0) is 15.3. The van der Waals surface area contributed by atoms with E-state index in [4.69, 9.17) is 10.4 Å². The minimum absolute atomic E-state index is 0.0621. The standard InChI is InChI=1S/C11H13N3O4S2/c1-7(2)13-20(17,18)14-10-4-3-8(19-6-12)5-9(10)11(15)16/h3-5,7,13-14H,1-2H3,(H,15,16). The predicted octanol–water partition coefficient (Wildman–Crippen LogP) is 1.61. The van der Waals surface area contributed by atoms with Crippen LogP contribution in [0.5, 0.6) is 0 Å². The molecule has 0 spiro atoms. The summed E-state index contributed by atoms with van der Waals surface area (Å²) in [5.74, 6) is -1.28. The number of hydrogen-bond donors (Lipinski definition) is 3. The number of nitriles is 1. The van der Waals surface area contributed by atoms with Gasteiger partial charge < -0.3 is 5.11 Å². The van der Waals surface area contributed by atoms with E-state index in [2.05, 4.69) is 9.44 Å². The minimum Gasteiger partial charge on any atom is -0.478 e. The van der Waals surface area contributed by atoms with Crippen molar-refractivity contribution in [3.63, 3.8) is 0 Å². The molecule has 0 aliphatic heterocycles. The van der Waals surface area contributed by atoms with Crippen molar-refractivity contribution in [3.05, 3.63) is 23.8 Å². The highest BCUT2D eigenvalue weighted by atomic mass is 32.2. The molecule has 0 aromatic heterocycles. The molecule has 0 amide bonds. The van der Waals surface area contributed by atoms with Gasteiger partial charge in [0.15, 0.2) is 0 Å². The van der Waals surface area contributed by atoms with E-state index in [-0.39, 0.29) is 17.3 Å². The number of carboxylic acid groups (broad SMARTS) is 1. The van der Waals surface area contributed by atoms with E-state index in [9.17, 15) is 13.2 Å². The van der Waals surface area contributed by atoms with E-state index < -0.39 is 16.2 Å². The summed E-state index contributed by atoms with van der Waals surface area (Å²) in [6, 6.07) is 3.69. The maximum absolute atomic E-state index is 11.7. The molecule has 0 unspecified atom stereocenters. The number of nitrogens with one attached hydrogen (secondary N) is 2. The van der Waals surface area contributed by atoms with Gasteiger partial charge in [-0.2, -0.15) is 18.4 Å². The van der Waals surface area contributed by atoms with Gasteiger partial charge in [0.05, 0.1) is 11.3 Å². The van der Waals surface area contributed by atoms with Crippen molar-refractivity contribution >= 4 is 33.6 Å². The Morgan fingerprint density at radius 2 is 2.10 bits per heavy atom. The summed E-state index contributed by atoms with van der Waals surface area (Å²) in [6.07, 6.45) is 0. The molecule has 0 aliphatic carbocycles. The number of rotatable bonds is 6. The number of hydrogen-bond acceptors (Lipinski definition) is 5. The van der Waals surface area contributed by atoms with E-state index in [0.717, 1.165) is 11.8 Å². The number of carbonyl (C=O) groups is 1. The molecule has 0 aliphatic rings. The normalized spacial score (nSPS) is 11.1. The van der Waals surface area contributed by atoms with Crippen LogP contribution in [0.1, 0.15) is 24.2 Å². The van der Waals surface area contributed by atoms with Gasteiger partial charge in [0.1, 0.15) is 5.40 Å². The molecule has 7 nitrogen and oxygen atoms in total. The molecule has 1 aromatic rings. The van der Waals surface area contributed by atoms with E-state index in [0.29, 0.717) is 4.90 Å². The van der Waals surface area contributed by atoms with Gasteiger partial charge in [0.2, 0.25) is 0 Å². The highest BCUT2D eigenvalue weighted by Gasteiger charge is 2.17. The van der Waals surface area contributed by atoms with Gasteiger partial charge in [0.25, 0.3) is 10.2 Å². The molecule has 0 heterocycles.